The van der Waals surface area contributed by atoms with E-state index in [0.717, 1.165) is 24.2 Å². The minimum Gasteiger partial charge on any atom is -0.494 e. The third-order valence-electron chi connectivity index (χ3n) is 4.20. The van der Waals surface area contributed by atoms with Crippen LogP contribution in [0, 0.1) is 19.7 Å². The molecule has 23 heavy (non-hydrogen) atoms. The van der Waals surface area contributed by atoms with Crippen LogP contribution in [0.5, 0.6) is 5.75 Å². The smallest absolute Gasteiger partial charge is 0.340 e. The van der Waals surface area contributed by atoms with Crippen LogP contribution in [0.2, 0.25) is 0 Å². The molecule has 1 fully saturated rings. The molecule has 0 saturated heterocycles. The SMILES string of the molecule is COc1ccc(COC(=O)c2cc(C)n(C3CC3)c2C)cc1F. The lowest BCUT2D eigenvalue weighted by Gasteiger charge is -2.09. The van der Waals surface area contributed by atoms with Gasteiger partial charge in [0.25, 0.3) is 0 Å². The van der Waals surface area contributed by atoms with Crippen LogP contribution in [-0.2, 0) is 11.3 Å². The number of methoxy groups -OCH3 is 1. The quantitative estimate of drug-likeness (QED) is 0.784. The van der Waals surface area contributed by atoms with E-state index >= 15 is 0 Å². The zero-order valence-corrected chi connectivity index (χ0v) is 13.6. The summed E-state index contributed by atoms with van der Waals surface area (Å²) in [6.07, 6.45) is 2.33. The van der Waals surface area contributed by atoms with E-state index in [0.29, 0.717) is 17.2 Å². The first-order chi connectivity index (χ1) is 11.0. The van der Waals surface area contributed by atoms with Crippen molar-refractivity contribution >= 4 is 5.97 Å². The first kappa shape index (κ1) is 15.6. The van der Waals surface area contributed by atoms with Crippen LogP contribution in [0.3, 0.4) is 0 Å². The molecule has 5 heteroatoms. The number of ether oxygens (including phenoxy) is 2. The largest absolute Gasteiger partial charge is 0.494 e. The first-order valence-corrected chi connectivity index (χ1v) is 7.69. The molecule has 0 N–H and O–H groups in total. The molecule has 0 spiro atoms. The van der Waals surface area contributed by atoms with Crippen molar-refractivity contribution in [1.82, 2.24) is 4.57 Å². The molecule has 1 aromatic carbocycles. The number of aromatic nitrogens is 1. The Hall–Kier alpha value is -2.30. The van der Waals surface area contributed by atoms with Gasteiger partial charge in [0.05, 0.1) is 12.7 Å². The van der Waals surface area contributed by atoms with Gasteiger partial charge in [0.2, 0.25) is 0 Å². The summed E-state index contributed by atoms with van der Waals surface area (Å²) in [7, 11) is 1.41. The minimum atomic E-state index is -0.465. The summed E-state index contributed by atoms with van der Waals surface area (Å²) in [5, 5.41) is 0. The van der Waals surface area contributed by atoms with E-state index in [4.69, 9.17) is 9.47 Å². The molecule has 4 nitrogen and oxygen atoms in total. The predicted octanol–water partition coefficient (Wildman–Crippen LogP) is 3.94. The van der Waals surface area contributed by atoms with Crippen molar-refractivity contribution in [3.8, 4) is 5.75 Å². The topological polar surface area (TPSA) is 40.5 Å². The van der Waals surface area contributed by atoms with E-state index in [-0.39, 0.29) is 18.3 Å². The Morgan fingerprint density at radius 1 is 1.30 bits per heavy atom. The third-order valence-corrected chi connectivity index (χ3v) is 4.20. The number of benzene rings is 1. The molecular weight excluding hydrogens is 297 g/mol. The second-order valence-corrected chi connectivity index (χ2v) is 5.93. The average molecular weight is 317 g/mol. The Labute approximate surface area is 134 Å². The van der Waals surface area contributed by atoms with Crippen LogP contribution >= 0.6 is 0 Å². The first-order valence-electron chi connectivity index (χ1n) is 7.69. The molecule has 2 aromatic rings. The van der Waals surface area contributed by atoms with Gasteiger partial charge < -0.3 is 14.0 Å². The van der Waals surface area contributed by atoms with Gasteiger partial charge in [0, 0.05) is 17.4 Å². The van der Waals surface area contributed by atoms with E-state index in [9.17, 15) is 9.18 Å². The molecule has 0 unspecified atom stereocenters. The van der Waals surface area contributed by atoms with E-state index < -0.39 is 5.82 Å². The van der Waals surface area contributed by atoms with Crippen molar-refractivity contribution in [3.63, 3.8) is 0 Å². The molecule has 3 rings (SSSR count). The van der Waals surface area contributed by atoms with Crippen molar-refractivity contribution in [1.29, 1.82) is 0 Å². The monoisotopic (exact) mass is 317 g/mol. The summed E-state index contributed by atoms with van der Waals surface area (Å²) < 4.78 is 26.0. The van der Waals surface area contributed by atoms with Gasteiger partial charge in [-0.15, -0.1) is 0 Å². The predicted molar refractivity (Wildman–Crippen MR) is 84.2 cm³/mol. The maximum absolute atomic E-state index is 13.6. The number of aryl methyl sites for hydroxylation is 1. The molecule has 1 aromatic heterocycles. The van der Waals surface area contributed by atoms with Crippen LogP contribution in [0.4, 0.5) is 4.39 Å². The summed E-state index contributed by atoms with van der Waals surface area (Å²) in [4.78, 5) is 12.3. The van der Waals surface area contributed by atoms with Crippen LogP contribution in [0.1, 0.15) is 46.2 Å². The summed E-state index contributed by atoms with van der Waals surface area (Å²) in [6.45, 7) is 3.97. The van der Waals surface area contributed by atoms with Gasteiger partial charge in [0.1, 0.15) is 6.61 Å². The van der Waals surface area contributed by atoms with E-state index in [2.05, 4.69) is 4.57 Å². The standard InChI is InChI=1S/C18H20FNO3/c1-11-8-15(12(2)20(11)14-5-6-14)18(21)23-10-13-4-7-17(22-3)16(19)9-13/h4,7-9,14H,5-6,10H2,1-3H3. The van der Waals surface area contributed by atoms with Gasteiger partial charge in [-0.3, -0.25) is 0 Å². The van der Waals surface area contributed by atoms with Crippen molar-refractivity contribution in [2.75, 3.05) is 7.11 Å². The fraction of sp³-hybridized carbons (Fsp3) is 0.389. The molecule has 0 amide bonds. The van der Waals surface area contributed by atoms with Crippen molar-refractivity contribution in [2.45, 2.75) is 39.3 Å². The molecule has 0 bridgehead atoms. The van der Waals surface area contributed by atoms with Gasteiger partial charge in [-0.2, -0.15) is 0 Å². The van der Waals surface area contributed by atoms with Crippen LogP contribution in [0.15, 0.2) is 24.3 Å². The highest BCUT2D eigenvalue weighted by molar-refractivity contribution is 5.91. The highest BCUT2D eigenvalue weighted by atomic mass is 19.1. The van der Waals surface area contributed by atoms with Gasteiger partial charge >= 0.3 is 5.97 Å². The minimum absolute atomic E-state index is 0.0346. The fourth-order valence-corrected chi connectivity index (χ4v) is 2.90. The maximum Gasteiger partial charge on any atom is 0.340 e. The highest BCUT2D eigenvalue weighted by Crippen LogP contribution is 2.38. The lowest BCUT2D eigenvalue weighted by molar-refractivity contribution is 0.0471. The number of nitrogens with zero attached hydrogens (tertiary/aromatic N) is 1. The lowest BCUT2D eigenvalue weighted by Crippen LogP contribution is -2.07. The second-order valence-electron chi connectivity index (χ2n) is 5.93. The zero-order valence-electron chi connectivity index (χ0n) is 13.6. The Morgan fingerprint density at radius 2 is 2.04 bits per heavy atom. The molecule has 0 radical (unpaired) electrons. The number of carbonyl (C=O) groups excluding carboxylic acids is 1. The molecule has 1 aliphatic rings. The van der Waals surface area contributed by atoms with Crippen LogP contribution in [-0.4, -0.2) is 17.6 Å². The number of rotatable bonds is 5. The fourth-order valence-electron chi connectivity index (χ4n) is 2.90. The summed E-state index contributed by atoms with van der Waals surface area (Å²) >= 11 is 0. The number of carbonyl (C=O) groups is 1. The van der Waals surface area contributed by atoms with Gasteiger partial charge in [-0.25, -0.2) is 9.18 Å². The highest BCUT2D eigenvalue weighted by Gasteiger charge is 2.28. The van der Waals surface area contributed by atoms with Crippen LogP contribution < -0.4 is 4.74 Å². The van der Waals surface area contributed by atoms with E-state index in [1.54, 1.807) is 6.07 Å². The number of hydrogen-bond donors (Lipinski definition) is 0. The van der Waals surface area contributed by atoms with Crippen molar-refractivity contribution < 1.29 is 18.7 Å². The van der Waals surface area contributed by atoms with Crippen molar-refractivity contribution in [2.24, 2.45) is 0 Å². The Morgan fingerprint density at radius 3 is 2.65 bits per heavy atom. The molecule has 0 atom stereocenters. The Bertz CT molecular complexity index is 747. The molecule has 1 aliphatic carbocycles. The molecule has 1 heterocycles. The average Bonchev–Trinajstić information content (AvgIpc) is 3.30. The summed E-state index contributed by atoms with van der Waals surface area (Å²) in [5.74, 6) is -0.665. The summed E-state index contributed by atoms with van der Waals surface area (Å²) in [5.41, 5.74) is 3.19. The normalized spacial score (nSPS) is 13.9. The third kappa shape index (κ3) is 3.09. The van der Waals surface area contributed by atoms with E-state index in [1.165, 1.54) is 19.2 Å². The van der Waals surface area contributed by atoms with Crippen LogP contribution in [0.25, 0.3) is 0 Å². The Balaban J connectivity index is 1.70. The number of halogens is 1. The maximum atomic E-state index is 13.6. The number of esters is 1. The molecular formula is C18H20FNO3. The van der Waals surface area contributed by atoms with Crippen molar-refractivity contribution in [3.05, 3.63) is 52.6 Å². The van der Waals surface area contributed by atoms with E-state index in [1.807, 2.05) is 19.9 Å². The van der Waals surface area contributed by atoms with Gasteiger partial charge in [-0.05, 0) is 50.5 Å². The molecule has 1 saturated carbocycles. The molecule has 0 aliphatic heterocycles. The van der Waals surface area contributed by atoms with Gasteiger partial charge in [0.15, 0.2) is 11.6 Å². The zero-order chi connectivity index (χ0) is 16.6. The number of hydrogen-bond acceptors (Lipinski definition) is 3. The Kier molecular flexibility index (Phi) is 4.11. The summed E-state index contributed by atoms with van der Waals surface area (Å²) in [6, 6.07) is 6.91. The second kappa shape index (κ2) is 6.07. The lowest BCUT2D eigenvalue weighted by atomic mass is 10.2. The van der Waals surface area contributed by atoms with Gasteiger partial charge in [-0.1, -0.05) is 6.07 Å². The molecule has 122 valence electrons.